The van der Waals surface area contributed by atoms with Crippen molar-refractivity contribution in [3.8, 4) is 0 Å². The SMILES string of the molecule is OC1C2CC3CN1CC(C2)C31OCCO1. The fourth-order valence-corrected chi connectivity index (χ4v) is 4.21. The summed E-state index contributed by atoms with van der Waals surface area (Å²) in [7, 11) is 0. The Labute approximate surface area is 89.1 Å². The number of aliphatic hydroxyl groups is 1. The minimum Gasteiger partial charge on any atom is -0.378 e. The predicted octanol–water partition coefficient (Wildman–Crippen LogP) is 0.0195. The number of hydrogen-bond donors (Lipinski definition) is 1. The lowest BCUT2D eigenvalue weighted by Gasteiger charge is -2.61. The van der Waals surface area contributed by atoms with Crippen LogP contribution in [0.25, 0.3) is 0 Å². The van der Waals surface area contributed by atoms with Crippen LogP contribution in [0.5, 0.6) is 0 Å². The summed E-state index contributed by atoms with van der Waals surface area (Å²) >= 11 is 0. The second-order valence-electron chi connectivity index (χ2n) is 5.41. The van der Waals surface area contributed by atoms with Gasteiger partial charge in [-0.2, -0.15) is 0 Å². The molecule has 5 rings (SSSR count). The summed E-state index contributed by atoms with van der Waals surface area (Å²) in [6.07, 6.45) is 1.96. The van der Waals surface area contributed by atoms with E-state index in [4.69, 9.17) is 9.47 Å². The van der Waals surface area contributed by atoms with Crippen LogP contribution in [-0.4, -0.2) is 48.3 Å². The van der Waals surface area contributed by atoms with Gasteiger partial charge in [0, 0.05) is 24.9 Å². The second kappa shape index (κ2) is 2.74. The molecule has 0 aromatic carbocycles. The maximum absolute atomic E-state index is 10.0. The van der Waals surface area contributed by atoms with Crippen LogP contribution >= 0.6 is 0 Å². The van der Waals surface area contributed by atoms with E-state index in [1.807, 2.05) is 0 Å². The molecular formula is C11H17NO3. The first-order chi connectivity index (χ1) is 7.29. The molecule has 0 aromatic heterocycles. The number of rotatable bonds is 0. The largest absolute Gasteiger partial charge is 0.378 e. The van der Waals surface area contributed by atoms with Gasteiger partial charge in [-0.15, -0.1) is 0 Å². The molecule has 84 valence electrons. The Balaban J connectivity index is 1.71. The topological polar surface area (TPSA) is 41.9 Å². The highest BCUT2D eigenvalue weighted by Gasteiger charge is 2.62. The van der Waals surface area contributed by atoms with Crippen molar-refractivity contribution >= 4 is 0 Å². The lowest BCUT2D eigenvalue weighted by atomic mass is 9.63. The Morgan fingerprint density at radius 1 is 1.07 bits per heavy atom. The molecule has 5 fully saturated rings. The molecule has 1 aliphatic carbocycles. The van der Waals surface area contributed by atoms with Gasteiger partial charge in [0.15, 0.2) is 5.79 Å². The molecule has 1 spiro atoms. The average molecular weight is 211 g/mol. The molecule has 0 amide bonds. The highest BCUT2D eigenvalue weighted by Crippen LogP contribution is 2.54. The van der Waals surface area contributed by atoms with Crippen LogP contribution in [0.4, 0.5) is 0 Å². The van der Waals surface area contributed by atoms with Crippen LogP contribution in [0.15, 0.2) is 0 Å². The van der Waals surface area contributed by atoms with Crippen molar-refractivity contribution in [2.45, 2.75) is 24.9 Å². The van der Waals surface area contributed by atoms with Crippen LogP contribution in [0.2, 0.25) is 0 Å². The molecule has 4 bridgehead atoms. The Kier molecular flexibility index (Phi) is 1.63. The Morgan fingerprint density at radius 3 is 2.20 bits per heavy atom. The third-order valence-corrected chi connectivity index (χ3v) is 4.76. The van der Waals surface area contributed by atoms with Crippen LogP contribution in [-0.2, 0) is 9.47 Å². The number of piperidine rings is 3. The molecule has 4 heterocycles. The van der Waals surface area contributed by atoms with Crippen molar-refractivity contribution in [1.29, 1.82) is 0 Å². The summed E-state index contributed by atoms with van der Waals surface area (Å²) in [6.45, 7) is 3.41. The average Bonchev–Trinajstić information content (AvgIpc) is 2.66. The molecule has 15 heavy (non-hydrogen) atoms. The Hall–Kier alpha value is -0.160. The molecule has 0 radical (unpaired) electrons. The smallest absolute Gasteiger partial charge is 0.176 e. The van der Waals surface area contributed by atoms with Crippen molar-refractivity contribution in [1.82, 2.24) is 4.90 Å². The predicted molar refractivity (Wildman–Crippen MR) is 51.9 cm³/mol. The molecule has 3 atom stereocenters. The molecular weight excluding hydrogens is 194 g/mol. The van der Waals surface area contributed by atoms with Gasteiger partial charge < -0.3 is 14.6 Å². The zero-order chi connectivity index (χ0) is 10.0. The van der Waals surface area contributed by atoms with Crippen LogP contribution < -0.4 is 0 Å². The summed E-state index contributed by atoms with van der Waals surface area (Å²) in [5.41, 5.74) is 0. The molecule has 1 saturated carbocycles. The fourth-order valence-electron chi connectivity index (χ4n) is 4.21. The molecule has 4 aliphatic heterocycles. The van der Waals surface area contributed by atoms with E-state index >= 15 is 0 Å². The summed E-state index contributed by atoms with van der Waals surface area (Å²) < 4.78 is 11.8. The minimum atomic E-state index is -0.271. The lowest BCUT2D eigenvalue weighted by molar-refractivity contribution is -0.317. The molecule has 5 aliphatic rings. The van der Waals surface area contributed by atoms with Crippen molar-refractivity contribution < 1.29 is 14.6 Å². The van der Waals surface area contributed by atoms with Crippen LogP contribution in [0.3, 0.4) is 0 Å². The van der Waals surface area contributed by atoms with E-state index in [1.54, 1.807) is 0 Å². The second-order valence-corrected chi connectivity index (χ2v) is 5.41. The van der Waals surface area contributed by atoms with E-state index < -0.39 is 0 Å². The molecule has 4 saturated heterocycles. The van der Waals surface area contributed by atoms with Gasteiger partial charge in [-0.3, -0.25) is 4.90 Å². The van der Waals surface area contributed by atoms with E-state index in [-0.39, 0.29) is 12.0 Å². The number of hydrogen-bond acceptors (Lipinski definition) is 4. The van der Waals surface area contributed by atoms with Gasteiger partial charge >= 0.3 is 0 Å². The number of ether oxygens (including phenoxy) is 2. The van der Waals surface area contributed by atoms with Crippen molar-refractivity contribution in [3.63, 3.8) is 0 Å². The van der Waals surface area contributed by atoms with Gasteiger partial charge in [-0.25, -0.2) is 0 Å². The summed E-state index contributed by atoms with van der Waals surface area (Å²) in [4.78, 5) is 2.21. The first-order valence-electron chi connectivity index (χ1n) is 5.99. The van der Waals surface area contributed by atoms with E-state index in [0.29, 0.717) is 17.8 Å². The molecule has 0 aromatic rings. The normalized spacial score (nSPS) is 55.4. The number of nitrogens with zero attached hydrogens (tertiary/aromatic N) is 1. The van der Waals surface area contributed by atoms with Crippen molar-refractivity contribution in [2.24, 2.45) is 17.8 Å². The first kappa shape index (κ1) is 8.93. The third-order valence-electron chi connectivity index (χ3n) is 4.76. The van der Waals surface area contributed by atoms with E-state index in [9.17, 15) is 5.11 Å². The lowest BCUT2D eigenvalue weighted by Crippen LogP contribution is -2.70. The highest BCUT2D eigenvalue weighted by molar-refractivity contribution is 5.06. The summed E-state index contributed by atoms with van der Waals surface area (Å²) in [5.74, 6) is 1.16. The van der Waals surface area contributed by atoms with Gasteiger partial charge in [-0.05, 0) is 18.8 Å². The standard InChI is InChI=1S/C11H17NO3/c13-10-7-3-8-5-12(10)6-9(4-7)11(8)14-1-2-15-11/h7-10,13H,1-6H2. The van der Waals surface area contributed by atoms with Gasteiger partial charge in [0.05, 0.1) is 13.2 Å². The minimum absolute atomic E-state index is 0.198. The Bertz CT molecular complexity index is 256. The fraction of sp³-hybridized carbons (Fsp3) is 1.00. The molecule has 3 unspecified atom stereocenters. The third kappa shape index (κ3) is 0.965. The molecule has 1 N–H and O–H groups in total. The Morgan fingerprint density at radius 2 is 1.67 bits per heavy atom. The first-order valence-corrected chi connectivity index (χ1v) is 5.99. The highest BCUT2D eigenvalue weighted by atomic mass is 16.7. The van der Waals surface area contributed by atoms with Gasteiger partial charge in [-0.1, -0.05) is 0 Å². The van der Waals surface area contributed by atoms with Gasteiger partial charge in [0.2, 0.25) is 0 Å². The summed E-state index contributed by atoms with van der Waals surface area (Å²) in [6, 6.07) is 0. The van der Waals surface area contributed by atoms with Crippen LogP contribution in [0, 0.1) is 17.8 Å². The van der Waals surface area contributed by atoms with Gasteiger partial charge in [0.25, 0.3) is 0 Å². The zero-order valence-corrected chi connectivity index (χ0v) is 8.76. The van der Waals surface area contributed by atoms with E-state index in [0.717, 1.165) is 39.1 Å². The van der Waals surface area contributed by atoms with Crippen LogP contribution in [0.1, 0.15) is 12.8 Å². The molecule has 4 heteroatoms. The summed E-state index contributed by atoms with van der Waals surface area (Å²) in [5, 5.41) is 10.0. The molecule has 4 nitrogen and oxygen atoms in total. The monoisotopic (exact) mass is 211 g/mol. The van der Waals surface area contributed by atoms with Gasteiger partial charge in [0.1, 0.15) is 6.23 Å². The number of aliphatic hydroxyl groups excluding tert-OH is 1. The van der Waals surface area contributed by atoms with Crippen molar-refractivity contribution in [3.05, 3.63) is 0 Å². The van der Waals surface area contributed by atoms with E-state index in [1.165, 1.54) is 0 Å². The maximum atomic E-state index is 10.0. The quantitative estimate of drug-likeness (QED) is 0.613. The maximum Gasteiger partial charge on any atom is 0.176 e. The zero-order valence-electron chi connectivity index (χ0n) is 8.76. The van der Waals surface area contributed by atoms with E-state index in [2.05, 4.69) is 4.90 Å². The van der Waals surface area contributed by atoms with Crippen molar-refractivity contribution in [2.75, 3.05) is 26.3 Å².